The summed E-state index contributed by atoms with van der Waals surface area (Å²) in [4.78, 5) is 24.5. The molecule has 2 aromatic rings. The lowest BCUT2D eigenvalue weighted by Crippen LogP contribution is -2.42. The Hall–Kier alpha value is -2.86. The molecule has 0 spiro atoms. The summed E-state index contributed by atoms with van der Waals surface area (Å²) in [7, 11) is 0. The van der Waals surface area contributed by atoms with Crippen LogP contribution in [0.1, 0.15) is 30.4 Å². The summed E-state index contributed by atoms with van der Waals surface area (Å²) in [6.45, 7) is 0.833. The molecule has 0 aliphatic carbocycles. The van der Waals surface area contributed by atoms with E-state index in [0.29, 0.717) is 19.4 Å². The number of carbonyl (C=O) groups is 2. The number of unbranched alkanes of at least 4 members (excludes halogenated alkanes) is 1. The highest BCUT2D eigenvalue weighted by molar-refractivity contribution is 5.81. The number of esters is 1. The van der Waals surface area contributed by atoms with Crippen LogP contribution in [-0.2, 0) is 27.5 Å². The molecular formula is C21H26N2O4. The van der Waals surface area contributed by atoms with Gasteiger partial charge in [-0.15, -0.1) is 0 Å². The molecule has 0 unspecified atom stereocenters. The maximum absolute atomic E-state index is 12.4. The molecule has 0 bridgehead atoms. The Bertz CT molecular complexity index is 692. The first-order valence-electron chi connectivity index (χ1n) is 9.07. The van der Waals surface area contributed by atoms with Gasteiger partial charge in [0.05, 0.1) is 0 Å². The van der Waals surface area contributed by atoms with Crippen LogP contribution >= 0.6 is 0 Å². The number of amides is 1. The van der Waals surface area contributed by atoms with Crippen molar-refractivity contribution >= 4 is 12.1 Å². The molecule has 2 rings (SSSR count). The Morgan fingerprint density at radius 2 is 1.41 bits per heavy atom. The Morgan fingerprint density at radius 3 is 1.96 bits per heavy atom. The molecule has 1 amide bonds. The fraction of sp³-hybridized carbons (Fsp3) is 0.333. The standard InChI is InChI=1S/C21H26N2O4/c22-14-8-7-13-19(20(24)26-15-17-9-3-1-4-10-17)23-21(25)27-16-18-11-5-2-6-12-18/h1-6,9-12,19H,7-8,13-16,22H2,(H,23,25)/t19-/m1/s1. The molecule has 3 N–H and O–H groups in total. The van der Waals surface area contributed by atoms with Crippen molar-refractivity contribution in [1.29, 1.82) is 0 Å². The molecule has 0 saturated carbocycles. The summed E-state index contributed by atoms with van der Waals surface area (Å²) < 4.78 is 10.5. The third-order valence-corrected chi connectivity index (χ3v) is 3.96. The van der Waals surface area contributed by atoms with Gasteiger partial charge in [0, 0.05) is 0 Å². The summed E-state index contributed by atoms with van der Waals surface area (Å²) in [5, 5.41) is 2.61. The Balaban J connectivity index is 1.85. The highest BCUT2D eigenvalue weighted by atomic mass is 16.6. The quantitative estimate of drug-likeness (QED) is 0.495. The minimum atomic E-state index is -0.761. The first-order chi connectivity index (χ1) is 13.2. The maximum atomic E-state index is 12.4. The van der Waals surface area contributed by atoms with Crippen LogP contribution in [-0.4, -0.2) is 24.6 Å². The number of carbonyl (C=O) groups excluding carboxylic acids is 2. The number of nitrogens with two attached hydrogens (primary N) is 1. The molecule has 144 valence electrons. The average Bonchev–Trinajstić information content (AvgIpc) is 2.71. The smallest absolute Gasteiger partial charge is 0.408 e. The van der Waals surface area contributed by atoms with E-state index in [4.69, 9.17) is 15.2 Å². The largest absolute Gasteiger partial charge is 0.459 e. The number of hydrogen-bond donors (Lipinski definition) is 2. The van der Waals surface area contributed by atoms with Gasteiger partial charge in [-0.25, -0.2) is 9.59 Å². The van der Waals surface area contributed by atoms with E-state index >= 15 is 0 Å². The fourth-order valence-electron chi connectivity index (χ4n) is 2.48. The fourth-order valence-corrected chi connectivity index (χ4v) is 2.48. The van der Waals surface area contributed by atoms with Crippen molar-refractivity contribution in [2.45, 2.75) is 38.5 Å². The molecule has 1 atom stereocenters. The molecule has 0 aliphatic rings. The van der Waals surface area contributed by atoms with Gasteiger partial charge in [0.25, 0.3) is 0 Å². The summed E-state index contributed by atoms with van der Waals surface area (Å²) in [6, 6.07) is 18.0. The summed E-state index contributed by atoms with van der Waals surface area (Å²) >= 11 is 0. The van der Waals surface area contributed by atoms with Crippen LogP contribution in [0, 0.1) is 0 Å². The SMILES string of the molecule is NCCCC[C@@H](NC(=O)OCc1ccccc1)C(=O)OCc1ccccc1. The van der Waals surface area contributed by atoms with Gasteiger partial charge >= 0.3 is 12.1 Å². The van der Waals surface area contributed by atoms with Crippen LogP contribution < -0.4 is 11.1 Å². The van der Waals surface area contributed by atoms with Crippen molar-refractivity contribution in [3.8, 4) is 0 Å². The van der Waals surface area contributed by atoms with Crippen molar-refractivity contribution in [1.82, 2.24) is 5.32 Å². The Labute approximate surface area is 159 Å². The van der Waals surface area contributed by atoms with E-state index in [9.17, 15) is 9.59 Å². The monoisotopic (exact) mass is 370 g/mol. The van der Waals surface area contributed by atoms with Crippen molar-refractivity contribution in [2.24, 2.45) is 5.73 Å². The van der Waals surface area contributed by atoms with E-state index in [-0.39, 0.29) is 13.2 Å². The molecule has 2 aromatic carbocycles. The second kappa shape index (κ2) is 11.7. The molecule has 0 heterocycles. The number of ether oxygens (including phenoxy) is 2. The van der Waals surface area contributed by atoms with Gasteiger partial charge in [-0.1, -0.05) is 60.7 Å². The molecular weight excluding hydrogens is 344 g/mol. The number of rotatable bonds is 10. The zero-order valence-corrected chi connectivity index (χ0v) is 15.3. The van der Waals surface area contributed by atoms with Gasteiger partial charge in [-0.3, -0.25) is 0 Å². The maximum Gasteiger partial charge on any atom is 0.408 e. The van der Waals surface area contributed by atoms with Crippen LogP contribution in [0.25, 0.3) is 0 Å². The third-order valence-electron chi connectivity index (χ3n) is 3.96. The molecule has 0 radical (unpaired) electrons. The van der Waals surface area contributed by atoms with E-state index in [2.05, 4.69) is 5.32 Å². The van der Waals surface area contributed by atoms with Crippen molar-refractivity contribution in [3.05, 3.63) is 71.8 Å². The predicted molar refractivity (Wildman–Crippen MR) is 103 cm³/mol. The van der Waals surface area contributed by atoms with Gasteiger partial charge in [0.2, 0.25) is 0 Å². The summed E-state index contributed by atoms with van der Waals surface area (Å²) in [5.74, 6) is -0.479. The van der Waals surface area contributed by atoms with Gasteiger partial charge in [-0.05, 0) is 36.9 Å². The first kappa shape index (κ1) is 20.5. The zero-order valence-electron chi connectivity index (χ0n) is 15.3. The average molecular weight is 370 g/mol. The van der Waals surface area contributed by atoms with E-state index in [0.717, 1.165) is 17.5 Å². The highest BCUT2D eigenvalue weighted by Gasteiger charge is 2.22. The molecule has 0 saturated heterocycles. The summed E-state index contributed by atoms with van der Waals surface area (Å²) in [6.07, 6.45) is 1.28. The third kappa shape index (κ3) is 7.92. The Kier molecular flexibility index (Phi) is 8.86. The van der Waals surface area contributed by atoms with Crippen LogP contribution in [0.4, 0.5) is 4.79 Å². The van der Waals surface area contributed by atoms with E-state index in [1.165, 1.54) is 0 Å². The van der Waals surface area contributed by atoms with E-state index in [1.54, 1.807) is 0 Å². The van der Waals surface area contributed by atoms with Crippen LogP contribution in [0.15, 0.2) is 60.7 Å². The second-order valence-corrected chi connectivity index (χ2v) is 6.14. The molecule has 0 aliphatic heterocycles. The van der Waals surface area contributed by atoms with Crippen LogP contribution in [0.3, 0.4) is 0 Å². The number of benzene rings is 2. The lowest BCUT2D eigenvalue weighted by molar-refractivity contribution is -0.147. The molecule has 27 heavy (non-hydrogen) atoms. The lowest BCUT2D eigenvalue weighted by Gasteiger charge is -2.17. The molecule has 0 aromatic heterocycles. The van der Waals surface area contributed by atoms with Crippen molar-refractivity contribution < 1.29 is 19.1 Å². The lowest BCUT2D eigenvalue weighted by atomic mass is 10.1. The van der Waals surface area contributed by atoms with Crippen LogP contribution in [0.5, 0.6) is 0 Å². The van der Waals surface area contributed by atoms with Gasteiger partial charge in [0.15, 0.2) is 0 Å². The van der Waals surface area contributed by atoms with Crippen LogP contribution in [0.2, 0.25) is 0 Å². The molecule has 6 heteroatoms. The van der Waals surface area contributed by atoms with Crippen molar-refractivity contribution in [2.75, 3.05) is 6.54 Å². The number of nitrogens with one attached hydrogen (secondary N) is 1. The second-order valence-electron chi connectivity index (χ2n) is 6.14. The minimum absolute atomic E-state index is 0.140. The minimum Gasteiger partial charge on any atom is -0.459 e. The van der Waals surface area contributed by atoms with E-state index in [1.807, 2.05) is 60.7 Å². The van der Waals surface area contributed by atoms with Crippen molar-refractivity contribution in [3.63, 3.8) is 0 Å². The Morgan fingerprint density at radius 1 is 0.852 bits per heavy atom. The highest BCUT2D eigenvalue weighted by Crippen LogP contribution is 2.07. The normalized spacial score (nSPS) is 11.4. The topological polar surface area (TPSA) is 90.6 Å². The van der Waals surface area contributed by atoms with E-state index < -0.39 is 18.1 Å². The molecule has 0 fully saturated rings. The number of alkyl carbamates (subject to hydrolysis) is 1. The first-order valence-corrected chi connectivity index (χ1v) is 9.07. The zero-order chi connectivity index (χ0) is 19.3. The van der Waals surface area contributed by atoms with Gasteiger partial charge in [-0.2, -0.15) is 0 Å². The number of hydrogen-bond acceptors (Lipinski definition) is 5. The van der Waals surface area contributed by atoms with Gasteiger partial charge < -0.3 is 20.5 Å². The molecule has 6 nitrogen and oxygen atoms in total. The summed E-state index contributed by atoms with van der Waals surface area (Å²) in [5.41, 5.74) is 7.27. The predicted octanol–water partition coefficient (Wildman–Crippen LogP) is 3.15. The van der Waals surface area contributed by atoms with Gasteiger partial charge in [0.1, 0.15) is 19.3 Å².